The highest BCUT2D eigenvalue weighted by atomic mass is 16.5. The van der Waals surface area contributed by atoms with E-state index in [2.05, 4.69) is 4.90 Å². The lowest BCUT2D eigenvalue weighted by Gasteiger charge is -2.31. The van der Waals surface area contributed by atoms with Gasteiger partial charge in [0.15, 0.2) is 0 Å². The van der Waals surface area contributed by atoms with Crippen LogP contribution in [0.15, 0.2) is 40.8 Å². The molecule has 2 aromatic rings. The number of piperidine rings is 1. The number of carbonyl (C=O) groups excluding carboxylic acids is 1. The Hall–Kier alpha value is -2.31. The van der Waals surface area contributed by atoms with Crippen molar-refractivity contribution in [2.24, 2.45) is 0 Å². The largest absolute Gasteiger partial charge is 0.490 e. The Kier molecular flexibility index (Phi) is 6.52. The second kappa shape index (κ2) is 9.46. The van der Waals surface area contributed by atoms with Crippen molar-refractivity contribution in [3.05, 3.63) is 53.5 Å². The number of benzene rings is 1. The predicted molar refractivity (Wildman–Crippen MR) is 110 cm³/mol. The number of methoxy groups -OCH3 is 1. The molecule has 0 N–H and O–H groups in total. The molecule has 3 heterocycles. The normalized spacial score (nSPS) is 18.3. The first kappa shape index (κ1) is 20.0. The second-order valence-electron chi connectivity index (χ2n) is 7.92. The fourth-order valence-electron chi connectivity index (χ4n) is 4.10. The summed E-state index contributed by atoms with van der Waals surface area (Å²) in [5.41, 5.74) is 0.750. The smallest absolute Gasteiger partial charge is 0.253 e. The Labute approximate surface area is 172 Å². The van der Waals surface area contributed by atoms with Gasteiger partial charge in [-0.3, -0.25) is 9.69 Å². The minimum atomic E-state index is 0.133. The molecule has 2 aliphatic heterocycles. The number of carbonyl (C=O) groups is 1. The van der Waals surface area contributed by atoms with Crippen molar-refractivity contribution in [1.29, 1.82) is 0 Å². The van der Waals surface area contributed by atoms with Gasteiger partial charge in [-0.15, -0.1) is 0 Å². The van der Waals surface area contributed by atoms with E-state index < -0.39 is 0 Å². The summed E-state index contributed by atoms with van der Waals surface area (Å²) < 4.78 is 17.0. The van der Waals surface area contributed by atoms with E-state index in [1.165, 1.54) is 0 Å². The standard InChI is InChI=1S/C23H30N2O4/c1-27-17-22-9-8-21(29-22)16-24-14-10-20(11-15-24)28-19-6-4-18(5-7-19)23(26)25-12-2-3-13-25/h4-9,20H,2-3,10-17H2,1H3. The van der Waals surface area contributed by atoms with Crippen molar-refractivity contribution >= 4 is 5.91 Å². The molecule has 2 aliphatic rings. The lowest BCUT2D eigenvalue weighted by Crippen LogP contribution is -2.37. The zero-order valence-electron chi connectivity index (χ0n) is 17.1. The first-order valence-corrected chi connectivity index (χ1v) is 10.6. The van der Waals surface area contributed by atoms with Crippen LogP contribution in [0, 0.1) is 0 Å². The summed E-state index contributed by atoms with van der Waals surface area (Å²) in [5, 5.41) is 0. The molecule has 1 aromatic heterocycles. The molecule has 0 spiro atoms. The zero-order valence-corrected chi connectivity index (χ0v) is 17.1. The summed E-state index contributed by atoms with van der Waals surface area (Å²) in [6.07, 6.45) is 4.41. The van der Waals surface area contributed by atoms with E-state index in [4.69, 9.17) is 13.9 Å². The lowest BCUT2D eigenvalue weighted by atomic mass is 10.1. The second-order valence-corrected chi connectivity index (χ2v) is 7.92. The van der Waals surface area contributed by atoms with Crippen LogP contribution in [0.4, 0.5) is 0 Å². The molecule has 6 nitrogen and oxygen atoms in total. The third-order valence-electron chi connectivity index (χ3n) is 5.72. The van der Waals surface area contributed by atoms with Gasteiger partial charge < -0.3 is 18.8 Å². The Morgan fingerprint density at radius 2 is 1.69 bits per heavy atom. The molecule has 0 unspecified atom stereocenters. The number of likely N-dealkylation sites (tertiary alicyclic amines) is 2. The number of hydrogen-bond donors (Lipinski definition) is 0. The van der Waals surface area contributed by atoms with Gasteiger partial charge in [-0.2, -0.15) is 0 Å². The van der Waals surface area contributed by atoms with Crippen LogP contribution < -0.4 is 4.74 Å². The fraction of sp³-hybridized carbons (Fsp3) is 0.522. The van der Waals surface area contributed by atoms with Crippen LogP contribution in [-0.4, -0.2) is 55.1 Å². The van der Waals surface area contributed by atoms with Crippen molar-refractivity contribution in [3.63, 3.8) is 0 Å². The maximum Gasteiger partial charge on any atom is 0.253 e. The molecule has 2 fully saturated rings. The highest BCUT2D eigenvalue weighted by molar-refractivity contribution is 5.94. The zero-order chi connectivity index (χ0) is 20.1. The third-order valence-corrected chi connectivity index (χ3v) is 5.72. The van der Waals surface area contributed by atoms with E-state index in [9.17, 15) is 4.79 Å². The van der Waals surface area contributed by atoms with Crippen molar-refractivity contribution in [2.45, 2.75) is 44.9 Å². The molecule has 2 saturated heterocycles. The molecule has 156 valence electrons. The number of hydrogen-bond acceptors (Lipinski definition) is 5. The SMILES string of the molecule is COCc1ccc(CN2CCC(Oc3ccc(C(=O)N4CCCC4)cc3)CC2)o1. The molecule has 1 aromatic carbocycles. The molecular formula is C23H30N2O4. The third kappa shape index (κ3) is 5.19. The van der Waals surface area contributed by atoms with Gasteiger partial charge in [0.25, 0.3) is 5.91 Å². The topological polar surface area (TPSA) is 55.2 Å². The molecule has 1 amide bonds. The molecule has 0 atom stereocenters. The van der Waals surface area contributed by atoms with Crippen LogP contribution in [0.5, 0.6) is 5.75 Å². The minimum Gasteiger partial charge on any atom is -0.490 e. The van der Waals surface area contributed by atoms with Crippen LogP contribution in [0.25, 0.3) is 0 Å². The lowest BCUT2D eigenvalue weighted by molar-refractivity contribution is 0.0792. The van der Waals surface area contributed by atoms with E-state index in [0.29, 0.717) is 6.61 Å². The quantitative estimate of drug-likeness (QED) is 0.712. The van der Waals surface area contributed by atoms with Crippen molar-refractivity contribution in [1.82, 2.24) is 9.80 Å². The first-order valence-electron chi connectivity index (χ1n) is 10.6. The van der Waals surface area contributed by atoms with Crippen LogP contribution >= 0.6 is 0 Å². The van der Waals surface area contributed by atoms with Gasteiger partial charge in [-0.1, -0.05) is 0 Å². The first-order chi connectivity index (χ1) is 14.2. The molecule has 6 heteroatoms. The fourth-order valence-corrected chi connectivity index (χ4v) is 4.10. The Bertz CT molecular complexity index is 787. The molecule has 0 saturated carbocycles. The summed E-state index contributed by atoms with van der Waals surface area (Å²) in [6, 6.07) is 11.6. The van der Waals surface area contributed by atoms with E-state index >= 15 is 0 Å². The number of rotatable bonds is 7. The number of ether oxygens (including phenoxy) is 2. The van der Waals surface area contributed by atoms with Crippen molar-refractivity contribution in [3.8, 4) is 5.75 Å². The average Bonchev–Trinajstić information content (AvgIpc) is 3.42. The maximum atomic E-state index is 12.4. The summed E-state index contributed by atoms with van der Waals surface area (Å²) in [6.45, 7) is 5.05. The van der Waals surface area contributed by atoms with Crippen LogP contribution in [-0.2, 0) is 17.9 Å². The Balaban J connectivity index is 1.23. The van der Waals surface area contributed by atoms with Gasteiger partial charge in [0.1, 0.15) is 30.0 Å². The number of nitrogens with zero attached hydrogens (tertiary/aromatic N) is 2. The van der Waals surface area contributed by atoms with E-state index in [-0.39, 0.29) is 12.0 Å². The molecular weight excluding hydrogens is 368 g/mol. The molecule has 0 bridgehead atoms. The van der Waals surface area contributed by atoms with Gasteiger partial charge >= 0.3 is 0 Å². The van der Waals surface area contributed by atoms with Gasteiger partial charge in [-0.25, -0.2) is 0 Å². The van der Waals surface area contributed by atoms with Gasteiger partial charge in [0.2, 0.25) is 0 Å². The molecule has 0 aliphatic carbocycles. The highest BCUT2D eigenvalue weighted by Gasteiger charge is 2.22. The average molecular weight is 399 g/mol. The summed E-state index contributed by atoms with van der Waals surface area (Å²) in [5.74, 6) is 2.83. The summed E-state index contributed by atoms with van der Waals surface area (Å²) in [7, 11) is 1.67. The number of amides is 1. The molecule has 4 rings (SSSR count). The molecule has 29 heavy (non-hydrogen) atoms. The Morgan fingerprint density at radius 1 is 1.00 bits per heavy atom. The maximum absolute atomic E-state index is 12.4. The van der Waals surface area contributed by atoms with Gasteiger partial charge in [0.05, 0.1) is 6.54 Å². The Morgan fingerprint density at radius 3 is 2.38 bits per heavy atom. The summed E-state index contributed by atoms with van der Waals surface area (Å²) in [4.78, 5) is 16.8. The van der Waals surface area contributed by atoms with Crippen LogP contribution in [0.1, 0.15) is 47.6 Å². The van der Waals surface area contributed by atoms with Crippen LogP contribution in [0.3, 0.4) is 0 Å². The number of furan rings is 1. The predicted octanol–water partition coefficient (Wildman–Crippen LogP) is 3.71. The van der Waals surface area contributed by atoms with E-state index in [0.717, 1.165) is 81.2 Å². The van der Waals surface area contributed by atoms with Gasteiger partial charge in [0, 0.05) is 38.9 Å². The molecule has 0 radical (unpaired) electrons. The minimum absolute atomic E-state index is 0.133. The highest BCUT2D eigenvalue weighted by Crippen LogP contribution is 2.22. The van der Waals surface area contributed by atoms with E-state index in [1.807, 2.05) is 41.3 Å². The monoisotopic (exact) mass is 398 g/mol. The van der Waals surface area contributed by atoms with E-state index in [1.54, 1.807) is 7.11 Å². The van der Waals surface area contributed by atoms with Crippen molar-refractivity contribution in [2.75, 3.05) is 33.3 Å². The summed E-state index contributed by atoms with van der Waals surface area (Å²) >= 11 is 0. The van der Waals surface area contributed by atoms with Crippen LogP contribution in [0.2, 0.25) is 0 Å². The van der Waals surface area contributed by atoms with Gasteiger partial charge in [-0.05, 0) is 62.1 Å². The van der Waals surface area contributed by atoms with Crippen molar-refractivity contribution < 1.29 is 18.7 Å².